The van der Waals surface area contributed by atoms with Crippen molar-refractivity contribution in [2.75, 3.05) is 39.2 Å². The van der Waals surface area contributed by atoms with E-state index in [0.717, 1.165) is 31.4 Å². The van der Waals surface area contributed by atoms with Crippen LogP contribution in [0.25, 0.3) is 0 Å². The minimum atomic E-state index is -0.635. The van der Waals surface area contributed by atoms with E-state index in [-0.39, 0.29) is 18.7 Å². The van der Waals surface area contributed by atoms with Crippen molar-refractivity contribution in [3.8, 4) is 17.2 Å². The van der Waals surface area contributed by atoms with Crippen LogP contribution in [0, 0.1) is 0 Å². The summed E-state index contributed by atoms with van der Waals surface area (Å²) in [5.41, 5.74) is 1.83. The first-order valence-corrected chi connectivity index (χ1v) is 12.0. The highest BCUT2D eigenvalue weighted by molar-refractivity contribution is 5.89. The molecule has 1 aliphatic rings. The third-order valence-corrected chi connectivity index (χ3v) is 5.91. The average Bonchev–Trinajstić information content (AvgIpc) is 2.86. The number of rotatable bonds is 12. The van der Waals surface area contributed by atoms with Gasteiger partial charge >= 0.3 is 6.03 Å². The van der Waals surface area contributed by atoms with E-state index in [0.29, 0.717) is 29.5 Å². The fraction of sp³-hybridized carbons (Fsp3) is 0.500. The lowest BCUT2D eigenvalue weighted by molar-refractivity contribution is 0.106. The van der Waals surface area contributed by atoms with E-state index in [9.17, 15) is 9.90 Å². The van der Waals surface area contributed by atoms with Crippen LogP contribution >= 0.6 is 0 Å². The fourth-order valence-electron chi connectivity index (χ4n) is 4.02. The lowest BCUT2D eigenvalue weighted by atomic mass is 9.96. The second-order valence-corrected chi connectivity index (χ2v) is 8.57. The predicted molar refractivity (Wildman–Crippen MR) is 133 cm³/mol. The maximum Gasteiger partial charge on any atom is 0.319 e. The van der Waals surface area contributed by atoms with E-state index < -0.39 is 6.10 Å². The van der Waals surface area contributed by atoms with Crippen molar-refractivity contribution >= 4 is 11.7 Å². The van der Waals surface area contributed by atoms with Gasteiger partial charge in [-0.05, 0) is 67.8 Å². The first-order valence-electron chi connectivity index (χ1n) is 12.0. The number of nitrogens with one attached hydrogen (secondary N) is 3. The van der Waals surface area contributed by atoms with Crippen LogP contribution in [0.2, 0.25) is 0 Å². The molecule has 1 saturated carbocycles. The third kappa shape index (κ3) is 8.43. The molecule has 0 aromatic heterocycles. The zero-order valence-electron chi connectivity index (χ0n) is 20.1. The first-order chi connectivity index (χ1) is 16.6. The smallest absolute Gasteiger partial charge is 0.319 e. The molecule has 8 nitrogen and oxygen atoms in total. The molecule has 2 amide bonds. The van der Waals surface area contributed by atoms with Crippen LogP contribution in [-0.2, 0) is 6.42 Å². The molecule has 0 radical (unpaired) electrons. The van der Waals surface area contributed by atoms with Gasteiger partial charge in [0.15, 0.2) is 11.5 Å². The molecule has 0 bridgehead atoms. The standard InChI is InChI=1S/C26H37N3O5/c1-32-24-13-8-19(16-25(24)33-2)14-15-27-17-22(30)18-34-23-11-9-21(10-12-23)29-26(31)28-20-6-4-3-5-7-20/h8-13,16,20,22,27,30H,3-7,14-15,17-18H2,1-2H3,(H2,28,29,31). The van der Waals surface area contributed by atoms with Crippen LogP contribution in [0.5, 0.6) is 17.2 Å². The molecule has 0 aliphatic heterocycles. The van der Waals surface area contributed by atoms with Crippen molar-refractivity contribution < 1.29 is 24.1 Å². The van der Waals surface area contributed by atoms with E-state index in [1.165, 1.54) is 19.3 Å². The van der Waals surface area contributed by atoms with Gasteiger partial charge in [0.1, 0.15) is 18.5 Å². The largest absolute Gasteiger partial charge is 0.493 e. The molecule has 2 aromatic carbocycles. The zero-order valence-corrected chi connectivity index (χ0v) is 20.1. The molecule has 3 rings (SSSR count). The topological polar surface area (TPSA) is 101 Å². The number of aliphatic hydroxyl groups is 1. The van der Waals surface area contributed by atoms with Crippen LogP contribution < -0.4 is 30.2 Å². The molecule has 8 heteroatoms. The number of carbonyl (C=O) groups excluding carboxylic acids is 1. The Hall–Kier alpha value is -2.97. The second-order valence-electron chi connectivity index (χ2n) is 8.57. The molecule has 0 saturated heterocycles. The summed E-state index contributed by atoms with van der Waals surface area (Å²) >= 11 is 0. The first kappa shape index (κ1) is 25.6. The Morgan fingerprint density at radius 1 is 1.03 bits per heavy atom. The number of anilines is 1. The highest BCUT2D eigenvalue weighted by Gasteiger charge is 2.15. The van der Waals surface area contributed by atoms with E-state index in [4.69, 9.17) is 14.2 Å². The minimum Gasteiger partial charge on any atom is -0.493 e. The molecular formula is C26H37N3O5. The Bertz CT molecular complexity index is 885. The van der Waals surface area contributed by atoms with Gasteiger partial charge in [0.25, 0.3) is 0 Å². The van der Waals surface area contributed by atoms with Crippen LogP contribution in [0.4, 0.5) is 10.5 Å². The number of carbonyl (C=O) groups is 1. The van der Waals surface area contributed by atoms with Gasteiger partial charge in [0.2, 0.25) is 0 Å². The van der Waals surface area contributed by atoms with Crippen LogP contribution in [0.15, 0.2) is 42.5 Å². The average molecular weight is 472 g/mol. The summed E-state index contributed by atoms with van der Waals surface area (Å²) in [5, 5.41) is 19.3. The van der Waals surface area contributed by atoms with Gasteiger partial charge in [-0.15, -0.1) is 0 Å². The number of methoxy groups -OCH3 is 2. The van der Waals surface area contributed by atoms with Crippen LogP contribution in [-0.4, -0.2) is 57.2 Å². The third-order valence-electron chi connectivity index (χ3n) is 5.91. The number of aliphatic hydroxyl groups excluding tert-OH is 1. The molecule has 0 heterocycles. The molecule has 1 fully saturated rings. The van der Waals surface area contributed by atoms with Crippen molar-refractivity contribution in [2.24, 2.45) is 0 Å². The summed E-state index contributed by atoms with van der Waals surface area (Å²) in [6.45, 7) is 1.32. The number of hydrogen-bond acceptors (Lipinski definition) is 6. The molecule has 4 N–H and O–H groups in total. The number of hydrogen-bond donors (Lipinski definition) is 4. The second kappa shape index (κ2) is 13.7. The Kier molecular flexibility index (Phi) is 10.3. The van der Waals surface area contributed by atoms with E-state index in [1.54, 1.807) is 38.5 Å². The molecule has 1 aliphatic carbocycles. The maximum absolute atomic E-state index is 12.2. The molecule has 2 aromatic rings. The van der Waals surface area contributed by atoms with Gasteiger partial charge in [0, 0.05) is 18.3 Å². The number of amides is 2. The Balaban J connectivity index is 1.31. The van der Waals surface area contributed by atoms with E-state index in [2.05, 4.69) is 16.0 Å². The van der Waals surface area contributed by atoms with Gasteiger partial charge in [-0.1, -0.05) is 25.3 Å². The van der Waals surface area contributed by atoms with E-state index >= 15 is 0 Å². The molecule has 0 spiro atoms. The quantitative estimate of drug-likeness (QED) is 0.352. The zero-order chi connectivity index (χ0) is 24.2. The Labute approximate surface area is 202 Å². The summed E-state index contributed by atoms with van der Waals surface area (Å²) in [5.74, 6) is 2.06. The highest BCUT2D eigenvalue weighted by atomic mass is 16.5. The summed E-state index contributed by atoms with van der Waals surface area (Å²) < 4.78 is 16.3. The normalized spacial score (nSPS) is 14.8. The molecule has 186 valence electrons. The van der Waals surface area contributed by atoms with Gasteiger partial charge in [-0.25, -0.2) is 4.79 Å². The fourth-order valence-corrected chi connectivity index (χ4v) is 4.02. The van der Waals surface area contributed by atoms with Crippen molar-refractivity contribution in [3.05, 3.63) is 48.0 Å². The van der Waals surface area contributed by atoms with Gasteiger partial charge in [-0.3, -0.25) is 0 Å². The van der Waals surface area contributed by atoms with Crippen LogP contribution in [0.3, 0.4) is 0 Å². The Morgan fingerprint density at radius 2 is 1.76 bits per heavy atom. The lowest BCUT2D eigenvalue weighted by Gasteiger charge is -2.22. The van der Waals surface area contributed by atoms with Crippen molar-refractivity contribution in [1.82, 2.24) is 10.6 Å². The van der Waals surface area contributed by atoms with Crippen molar-refractivity contribution in [2.45, 2.75) is 50.7 Å². The predicted octanol–water partition coefficient (Wildman–Crippen LogP) is 3.73. The number of urea groups is 1. The van der Waals surface area contributed by atoms with Crippen molar-refractivity contribution in [1.29, 1.82) is 0 Å². The van der Waals surface area contributed by atoms with Gasteiger partial charge in [-0.2, -0.15) is 0 Å². The molecule has 1 unspecified atom stereocenters. The number of benzene rings is 2. The maximum atomic E-state index is 12.2. The SMILES string of the molecule is COc1ccc(CCNCC(O)COc2ccc(NC(=O)NC3CCCCC3)cc2)cc1OC. The molecular weight excluding hydrogens is 434 g/mol. The van der Waals surface area contributed by atoms with Gasteiger partial charge < -0.3 is 35.3 Å². The van der Waals surface area contributed by atoms with Gasteiger partial charge in [0.05, 0.1) is 14.2 Å². The lowest BCUT2D eigenvalue weighted by Crippen LogP contribution is -2.38. The number of ether oxygens (including phenoxy) is 3. The summed E-state index contributed by atoms with van der Waals surface area (Å²) in [7, 11) is 3.24. The Morgan fingerprint density at radius 3 is 2.47 bits per heavy atom. The monoisotopic (exact) mass is 471 g/mol. The minimum absolute atomic E-state index is 0.171. The van der Waals surface area contributed by atoms with Crippen molar-refractivity contribution in [3.63, 3.8) is 0 Å². The highest BCUT2D eigenvalue weighted by Crippen LogP contribution is 2.27. The van der Waals surface area contributed by atoms with Crippen LogP contribution in [0.1, 0.15) is 37.7 Å². The van der Waals surface area contributed by atoms with E-state index in [1.807, 2.05) is 18.2 Å². The molecule has 1 atom stereocenters. The summed E-state index contributed by atoms with van der Waals surface area (Å²) in [4.78, 5) is 12.2. The summed E-state index contributed by atoms with van der Waals surface area (Å²) in [6, 6.07) is 13.1. The summed E-state index contributed by atoms with van der Waals surface area (Å²) in [6.07, 6.45) is 5.87. The molecule has 34 heavy (non-hydrogen) atoms.